The Hall–Kier alpha value is -3.32. The fourth-order valence-corrected chi connectivity index (χ4v) is 3.39. The second kappa shape index (κ2) is 7.13. The molecule has 4 aromatic rings. The summed E-state index contributed by atoms with van der Waals surface area (Å²) in [6.45, 7) is 0.240. The SMILES string of the molecule is O=C(N=c1sccn1Cc1ccccc1F)c1cc(=O)c2ccccc2o1. The summed E-state index contributed by atoms with van der Waals surface area (Å²) >= 11 is 1.24. The Morgan fingerprint density at radius 2 is 1.93 bits per heavy atom. The van der Waals surface area contributed by atoms with Crippen molar-refractivity contribution in [2.75, 3.05) is 0 Å². The van der Waals surface area contributed by atoms with Crippen LogP contribution in [-0.4, -0.2) is 10.5 Å². The molecule has 0 bridgehead atoms. The Balaban J connectivity index is 1.71. The van der Waals surface area contributed by atoms with Crippen LogP contribution in [0.3, 0.4) is 0 Å². The maximum Gasteiger partial charge on any atom is 0.315 e. The Labute approximate surface area is 156 Å². The van der Waals surface area contributed by atoms with Gasteiger partial charge in [-0.05, 0) is 18.2 Å². The highest BCUT2D eigenvalue weighted by Crippen LogP contribution is 2.12. The Bertz CT molecular complexity index is 1270. The van der Waals surface area contributed by atoms with E-state index in [-0.39, 0.29) is 23.6 Å². The van der Waals surface area contributed by atoms with Crippen LogP contribution >= 0.6 is 11.3 Å². The van der Waals surface area contributed by atoms with Crippen molar-refractivity contribution in [3.8, 4) is 0 Å². The Morgan fingerprint density at radius 1 is 1.15 bits per heavy atom. The summed E-state index contributed by atoms with van der Waals surface area (Å²) < 4.78 is 21.1. The molecule has 4 rings (SSSR count). The van der Waals surface area contributed by atoms with E-state index >= 15 is 0 Å². The van der Waals surface area contributed by atoms with Crippen LogP contribution in [0.5, 0.6) is 0 Å². The number of thiazole rings is 1. The van der Waals surface area contributed by atoms with Crippen molar-refractivity contribution in [1.82, 2.24) is 4.57 Å². The number of carbonyl (C=O) groups is 1. The van der Waals surface area contributed by atoms with E-state index in [1.165, 1.54) is 17.4 Å². The molecule has 2 heterocycles. The lowest BCUT2D eigenvalue weighted by molar-refractivity contribution is 0.0972. The first-order chi connectivity index (χ1) is 13.1. The van der Waals surface area contributed by atoms with Gasteiger partial charge in [-0.15, -0.1) is 11.3 Å². The number of nitrogens with zero attached hydrogens (tertiary/aromatic N) is 2. The molecule has 0 saturated carbocycles. The minimum Gasteiger partial charge on any atom is -0.451 e. The first kappa shape index (κ1) is 17.1. The van der Waals surface area contributed by atoms with Crippen LogP contribution in [0.25, 0.3) is 11.0 Å². The van der Waals surface area contributed by atoms with Gasteiger partial charge in [0.1, 0.15) is 11.4 Å². The van der Waals surface area contributed by atoms with Gasteiger partial charge >= 0.3 is 5.91 Å². The molecule has 7 heteroatoms. The maximum absolute atomic E-state index is 13.9. The minimum absolute atomic E-state index is 0.135. The van der Waals surface area contributed by atoms with E-state index in [9.17, 15) is 14.0 Å². The molecular weight excluding hydrogens is 367 g/mol. The monoisotopic (exact) mass is 380 g/mol. The molecule has 0 unspecified atom stereocenters. The van der Waals surface area contributed by atoms with Crippen LogP contribution in [0.1, 0.15) is 16.1 Å². The summed E-state index contributed by atoms with van der Waals surface area (Å²) in [5, 5.41) is 2.16. The second-order valence-corrected chi connectivity index (χ2v) is 6.67. The van der Waals surface area contributed by atoms with E-state index in [0.29, 0.717) is 21.3 Å². The third-order valence-corrected chi connectivity index (χ3v) is 4.80. The number of hydrogen-bond donors (Lipinski definition) is 0. The number of fused-ring (bicyclic) bond motifs is 1. The fraction of sp³-hybridized carbons (Fsp3) is 0.0500. The number of carbonyl (C=O) groups excluding carboxylic acids is 1. The first-order valence-electron chi connectivity index (χ1n) is 8.11. The lowest BCUT2D eigenvalue weighted by atomic mass is 10.2. The molecule has 0 aliphatic heterocycles. The van der Waals surface area contributed by atoms with Crippen molar-refractivity contribution in [2.45, 2.75) is 6.54 Å². The predicted molar refractivity (Wildman–Crippen MR) is 100 cm³/mol. The van der Waals surface area contributed by atoms with Gasteiger partial charge in [0.15, 0.2) is 16.0 Å². The van der Waals surface area contributed by atoms with Crippen molar-refractivity contribution in [1.29, 1.82) is 0 Å². The fourth-order valence-electron chi connectivity index (χ4n) is 2.67. The summed E-state index contributed by atoms with van der Waals surface area (Å²) in [7, 11) is 0. The number of aromatic nitrogens is 1. The van der Waals surface area contributed by atoms with Crippen molar-refractivity contribution in [3.05, 3.63) is 98.3 Å². The van der Waals surface area contributed by atoms with E-state index in [2.05, 4.69) is 4.99 Å². The third kappa shape index (κ3) is 3.50. The van der Waals surface area contributed by atoms with Gasteiger partial charge in [0, 0.05) is 23.2 Å². The molecule has 2 aromatic heterocycles. The summed E-state index contributed by atoms with van der Waals surface area (Å²) in [5.41, 5.74) is 0.511. The van der Waals surface area contributed by atoms with Gasteiger partial charge in [-0.2, -0.15) is 4.99 Å². The van der Waals surface area contributed by atoms with Crippen molar-refractivity contribution < 1.29 is 13.6 Å². The lowest BCUT2D eigenvalue weighted by Crippen LogP contribution is -2.18. The van der Waals surface area contributed by atoms with Gasteiger partial charge in [0.25, 0.3) is 0 Å². The normalized spacial score (nSPS) is 11.8. The van der Waals surface area contributed by atoms with Gasteiger partial charge in [0.05, 0.1) is 11.9 Å². The predicted octanol–water partition coefficient (Wildman–Crippen LogP) is 3.58. The maximum atomic E-state index is 13.9. The molecule has 0 aliphatic carbocycles. The van der Waals surface area contributed by atoms with Crippen LogP contribution in [0.15, 0.2) is 80.4 Å². The largest absolute Gasteiger partial charge is 0.451 e. The molecular formula is C20H13FN2O3S. The Kier molecular flexibility index (Phi) is 4.52. The molecule has 134 valence electrons. The molecule has 0 atom stereocenters. The van der Waals surface area contributed by atoms with Crippen molar-refractivity contribution in [3.63, 3.8) is 0 Å². The standard InChI is InChI=1S/C20H13FN2O3S/c21-15-7-3-1-5-13(15)12-23-9-10-27-20(23)22-19(25)18-11-16(24)14-6-2-4-8-17(14)26-18/h1-11H,12H2. The zero-order valence-electron chi connectivity index (χ0n) is 14.0. The third-order valence-electron chi connectivity index (χ3n) is 4.00. The summed E-state index contributed by atoms with van der Waals surface area (Å²) in [6.07, 6.45) is 1.72. The molecule has 0 radical (unpaired) electrons. The number of halogens is 1. The van der Waals surface area contributed by atoms with Gasteiger partial charge in [-0.25, -0.2) is 4.39 Å². The van der Waals surface area contributed by atoms with E-state index in [1.807, 2.05) is 0 Å². The minimum atomic E-state index is -0.664. The first-order valence-corrected chi connectivity index (χ1v) is 8.99. The molecule has 5 nitrogen and oxygen atoms in total. The van der Waals surface area contributed by atoms with E-state index < -0.39 is 5.91 Å². The van der Waals surface area contributed by atoms with Crippen molar-refractivity contribution in [2.24, 2.45) is 4.99 Å². The number of benzene rings is 2. The smallest absolute Gasteiger partial charge is 0.315 e. The molecule has 0 spiro atoms. The number of para-hydroxylation sites is 1. The van der Waals surface area contributed by atoms with Crippen LogP contribution in [-0.2, 0) is 6.54 Å². The average molecular weight is 380 g/mol. The van der Waals surface area contributed by atoms with E-state index in [4.69, 9.17) is 4.42 Å². The molecule has 0 fully saturated rings. The van der Waals surface area contributed by atoms with Gasteiger partial charge in [-0.1, -0.05) is 30.3 Å². The topological polar surface area (TPSA) is 64.6 Å². The number of amides is 1. The Morgan fingerprint density at radius 3 is 2.78 bits per heavy atom. The van der Waals surface area contributed by atoms with Crippen LogP contribution in [0.4, 0.5) is 4.39 Å². The van der Waals surface area contributed by atoms with Crippen LogP contribution in [0.2, 0.25) is 0 Å². The van der Waals surface area contributed by atoms with Crippen LogP contribution in [0, 0.1) is 5.82 Å². The summed E-state index contributed by atoms with van der Waals surface area (Å²) in [5.74, 6) is -1.12. The highest BCUT2D eigenvalue weighted by atomic mass is 32.1. The molecule has 0 saturated heterocycles. The van der Waals surface area contributed by atoms with Crippen molar-refractivity contribution >= 4 is 28.2 Å². The molecule has 0 N–H and O–H groups in total. The number of hydrogen-bond acceptors (Lipinski definition) is 4. The molecule has 0 aliphatic rings. The average Bonchev–Trinajstić information content (AvgIpc) is 3.10. The van der Waals surface area contributed by atoms with Gasteiger partial charge < -0.3 is 8.98 Å². The van der Waals surface area contributed by atoms with Crippen LogP contribution < -0.4 is 10.2 Å². The number of rotatable bonds is 3. The zero-order valence-corrected chi connectivity index (χ0v) is 14.8. The zero-order chi connectivity index (χ0) is 18.8. The summed E-state index contributed by atoms with van der Waals surface area (Å²) in [4.78, 5) is 29.1. The summed E-state index contributed by atoms with van der Waals surface area (Å²) in [6, 6.07) is 14.3. The quantitative estimate of drug-likeness (QED) is 0.546. The highest BCUT2D eigenvalue weighted by Gasteiger charge is 2.12. The molecule has 1 amide bonds. The highest BCUT2D eigenvalue weighted by molar-refractivity contribution is 7.07. The second-order valence-electron chi connectivity index (χ2n) is 5.79. The van der Waals surface area contributed by atoms with E-state index in [1.54, 1.807) is 58.6 Å². The molecule has 27 heavy (non-hydrogen) atoms. The van der Waals surface area contributed by atoms with E-state index in [0.717, 1.165) is 6.07 Å². The van der Waals surface area contributed by atoms with Gasteiger partial charge in [-0.3, -0.25) is 9.59 Å². The lowest BCUT2D eigenvalue weighted by Gasteiger charge is -2.04. The molecule has 2 aromatic carbocycles. The van der Waals surface area contributed by atoms with Gasteiger partial charge in [0.2, 0.25) is 0 Å².